The molecule has 4 aromatic rings. The molecule has 0 spiro atoms. The summed E-state index contributed by atoms with van der Waals surface area (Å²) in [5.74, 6) is -0.675. The average molecular weight is 516 g/mol. The molecule has 0 saturated heterocycles. The zero-order valence-corrected chi connectivity index (χ0v) is 20.9. The third-order valence-corrected chi connectivity index (χ3v) is 6.40. The van der Waals surface area contributed by atoms with Crippen molar-refractivity contribution < 1.29 is 14.6 Å². The van der Waals surface area contributed by atoms with Crippen LogP contribution in [-0.2, 0) is 0 Å². The van der Waals surface area contributed by atoms with Crippen molar-refractivity contribution in [3.63, 3.8) is 0 Å². The Balaban J connectivity index is 1.91. The van der Waals surface area contributed by atoms with Gasteiger partial charge >= 0.3 is 0 Å². The Morgan fingerprint density at radius 1 is 1.05 bits per heavy atom. The molecule has 0 aliphatic heterocycles. The highest BCUT2D eigenvalue weighted by molar-refractivity contribution is 6.07. The molecule has 194 valence electrons. The number of aromatic nitrogens is 3. The van der Waals surface area contributed by atoms with Crippen molar-refractivity contribution in [1.82, 2.24) is 14.5 Å². The molecule has 1 N–H and O–H groups in total. The van der Waals surface area contributed by atoms with Crippen LogP contribution in [0.4, 0.5) is 17.2 Å². The molecule has 12 heteroatoms. The normalized spacial score (nSPS) is 11.8. The Kier molecular flexibility index (Phi) is 7.57. The first-order valence-electron chi connectivity index (χ1n) is 12.2. The number of benzene rings is 2. The minimum absolute atomic E-state index is 0.0977. The number of anilines is 1. The van der Waals surface area contributed by atoms with E-state index in [1.54, 1.807) is 10.6 Å². The van der Waals surface area contributed by atoms with E-state index < -0.39 is 27.1 Å². The average Bonchev–Trinajstić information content (AvgIpc) is 3.20. The van der Waals surface area contributed by atoms with Crippen LogP contribution in [0.5, 0.6) is 0 Å². The molecular weight excluding hydrogens is 490 g/mol. The second-order valence-electron chi connectivity index (χ2n) is 8.85. The summed E-state index contributed by atoms with van der Waals surface area (Å²) >= 11 is 0. The van der Waals surface area contributed by atoms with Crippen molar-refractivity contribution in [2.24, 2.45) is 0 Å². The van der Waals surface area contributed by atoms with Gasteiger partial charge in [0.15, 0.2) is 5.65 Å². The molecule has 1 amide bonds. The monoisotopic (exact) mass is 515 g/mol. The summed E-state index contributed by atoms with van der Waals surface area (Å²) in [6, 6.07) is 11.9. The van der Waals surface area contributed by atoms with Gasteiger partial charge in [0, 0.05) is 18.2 Å². The number of carbonyl (C=O) groups excluding carboxylic acids is 1. The SMILES string of the molecule is CCCCCC(CC)n1c(NC(=O)c2cc([N+](=O)[O-])cc([N+](=O)[O-])c2)c(C#N)c2nc3ccccc3nc21. The summed E-state index contributed by atoms with van der Waals surface area (Å²) in [6.45, 7) is 4.10. The second-order valence-corrected chi connectivity index (χ2v) is 8.85. The number of fused-ring (bicyclic) bond motifs is 2. The lowest BCUT2D eigenvalue weighted by atomic mass is 10.1. The second kappa shape index (κ2) is 11.0. The largest absolute Gasteiger partial charge is 0.307 e. The summed E-state index contributed by atoms with van der Waals surface area (Å²) < 4.78 is 1.80. The van der Waals surface area contributed by atoms with Crippen LogP contribution >= 0.6 is 0 Å². The maximum atomic E-state index is 13.3. The van der Waals surface area contributed by atoms with E-state index >= 15 is 0 Å². The van der Waals surface area contributed by atoms with Crippen molar-refractivity contribution in [1.29, 1.82) is 5.26 Å². The number of amides is 1. The van der Waals surface area contributed by atoms with Crippen LogP contribution in [0.25, 0.3) is 22.2 Å². The molecule has 2 aromatic heterocycles. The van der Waals surface area contributed by atoms with E-state index in [1.807, 2.05) is 25.1 Å². The predicted octanol–water partition coefficient (Wildman–Crippen LogP) is 6.06. The Hall–Kier alpha value is -4.92. The molecule has 0 fully saturated rings. The number of nitriles is 1. The lowest BCUT2D eigenvalue weighted by Crippen LogP contribution is -2.19. The lowest BCUT2D eigenvalue weighted by Gasteiger charge is -2.21. The highest BCUT2D eigenvalue weighted by Crippen LogP contribution is 2.36. The maximum absolute atomic E-state index is 13.3. The highest BCUT2D eigenvalue weighted by Gasteiger charge is 2.27. The van der Waals surface area contributed by atoms with Gasteiger partial charge in [0.2, 0.25) is 0 Å². The predicted molar refractivity (Wildman–Crippen MR) is 141 cm³/mol. The van der Waals surface area contributed by atoms with Crippen molar-refractivity contribution in [2.45, 2.75) is 52.0 Å². The summed E-state index contributed by atoms with van der Waals surface area (Å²) in [5, 5.41) is 35.5. The van der Waals surface area contributed by atoms with E-state index in [2.05, 4.69) is 23.3 Å². The number of hydrogen-bond donors (Lipinski definition) is 1. The van der Waals surface area contributed by atoms with E-state index in [-0.39, 0.29) is 23.0 Å². The van der Waals surface area contributed by atoms with Gasteiger partial charge in [-0.25, -0.2) is 9.97 Å². The van der Waals surface area contributed by atoms with E-state index in [1.165, 1.54) is 0 Å². The molecule has 1 atom stereocenters. The van der Waals surface area contributed by atoms with E-state index in [9.17, 15) is 30.3 Å². The van der Waals surface area contributed by atoms with Crippen molar-refractivity contribution in [2.75, 3.05) is 5.32 Å². The van der Waals surface area contributed by atoms with Crippen LogP contribution in [0.15, 0.2) is 42.5 Å². The van der Waals surface area contributed by atoms with Crippen molar-refractivity contribution in [3.05, 3.63) is 73.8 Å². The van der Waals surface area contributed by atoms with Crippen LogP contribution in [0.1, 0.15) is 67.9 Å². The summed E-state index contributed by atoms with van der Waals surface area (Å²) in [4.78, 5) is 43.9. The van der Waals surface area contributed by atoms with Gasteiger partial charge in [-0.2, -0.15) is 5.26 Å². The zero-order chi connectivity index (χ0) is 27.4. The third-order valence-electron chi connectivity index (χ3n) is 6.40. The number of carbonyl (C=O) groups is 1. The smallest absolute Gasteiger partial charge is 0.277 e. The number of non-ortho nitro benzene ring substituents is 2. The van der Waals surface area contributed by atoms with Gasteiger partial charge in [-0.15, -0.1) is 0 Å². The number of unbranched alkanes of at least 4 members (excludes halogenated alkanes) is 2. The zero-order valence-electron chi connectivity index (χ0n) is 20.9. The molecule has 2 heterocycles. The highest BCUT2D eigenvalue weighted by atomic mass is 16.6. The van der Waals surface area contributed by atoms with E-state index in [0.29, 0.717) is 28.6 Å². The molecule has 0 aliphatic carbocycles. The molecule has 2 aromatic carbocycles. The summed E-state index contributed by atoms with van der Waals surface area (Å²) in [6.07, 6.45) is 4.39. The first kappa shape index (κ1) is 26.2. The van der Waals surface area contributed by atoms with Gasteiger partial charge in [-0.3, -0.25) is 25.0 Å². The molecule has 1 unspecified atom stereocenters. The number of nitro groups is 2. The molecule has 0 saturated carbocycles. The molecule has 0 bridgehead atoms. The van der Waals surface area contributed by atoms with E-state index in [4.69, 9.17) is 4.98 Å². The minimum atomic E-state index is -0.828. The van der Waals surface area contributed by atoms with Crippen molar-refractivity contribution >= 4 is 45.3 Å². The first-order valence-corrected chi connectivity index (χ1v) is 12.2. The van der Waals surface area contributed by atoms with Gasteiger partial charge in [0.25, 0.3) is 17.3 Å². The van der Waals surface area contributed by atoms with E-state index in [0.717, 1.165) is 43.9 Å². The number of hydrogen-bond acceptors (Lipinski definition) is 8. The van der Waals surface area contributed by atoms with Gasteiger partial charge < -0.3 is 9.88 Å². The Morgan fingerprint density at radius 2 is 1.68 bits per heavy atom. The maximum Gasteiger partial charge on any atom is 0.277 e. The quantitative estimate of drug-likeness (QED) is 0.151. The lowest BCUT2D eigenvalue weighted by molar-refractivity contribution is -0.394. The standard InChI is InChI=1S/C26H25N7O5/c1-3-5-6-9-17(4-2)31-24(20(15-27)23-25(31)29-22-11-8-7-10-21(22)28-23)30-26(34)16-12-18(32(35)36)14-19(13-16)33(37)38/h7-8,10-14,17H,3-6,9H2,1-2H3,(H,30,34). The number of nitro benzene ring substituents is 2. The molecule has 12 nitrogen and oxygen atoms in total. The van der Waals surface area contributed by atoms with Crippen LogP contribution < -0.4 is 5.32 Å². The topological polar surface area (TPSA) is 170 Å². The molecule has 0 radical (unpaired) electrons. The number of rotatable bonds is 10. The molecule has 0 aliphatic rings. The Labute approximate surface area is 217 Å². The molecular formula is C26H25N7O5. The number of nitrogens with one attached hydrogen (secondary N) is 1. The van der Waals surface area contributed by atoms with Crippen molar-refractivity contribution in [3.8, 4) is 6.07 Å². The number of nitrogens with zero attached hydrogens (tertiary/aromatic N) is 6. The fourth-order valence-electron chi connectivity index (χ4n) is 4.51. The van der Waals surface area contributed by atoms with Crippen LogP contribution in [0.3, 0.4) is 0 Å². The summed E-state index contributed by atoms with van der Waals surface area (Å²) in [5.41, 5.74) is 0.595. The summed E-state index contributed by atoms with van der Waals surface area (Å²) in [7, 11) is 0. The van der Waals surface area contributed by atoms with Crippen LogP contribution in [0.2, 0.25) is 0 Å². The Morgan fingerprint density at radius 3 is 2.24 bits per heavy atom. The van der Waals surface area contributed by atoms with Crippen LogP contribution in [0, 0.1) is 31.6 Å². The third kappa shape index (κ3) is 4.99. The minimum Gasteiger partial charge on any atom is -0.307 e. The fourth-order valence-corrected chi connectivity index (χ4v) is 4.51. The molecule has 4 rings (SSSR count). The number of para-hydroxylation sites is 2. The molecule has 38 heavy (non-hydrogen) atoms. The Bertz CT molecular complexity index is 1570. The van der Waals surface area contributed by atoms with Gasteiger partial charge in [0.1, 0.15) is 23.0 Å². The fraction of sp³-hybridized carbons (Fsp3) is 0.308. The van der Waals surface area contributed by atoms with Gasteiger partial charge in [-0.05, 0) is 25.0 Å². The van der Waals surface area contributed by atoms with Gasteiger partial charge in [-0.1, -0.05) is 45.2 Å². The first-order chi connectivity index (χ1) is 18.3. The van der Waals surface area contributed by atoms with Gasteiger partial charge in [0.05, 0.1) is 32.5 Å². The van der Waals surface area contributed by atoms with Crippen LogP contribution in [-0.4, -0.2) is 30.3 Å².